The van der Waals surface area contributed by atoms with E-state index < -0.39 is 41.2 Å². The van der Waals surface area contributed by atoms with E-state index in [4.69, 9.17) is 23.7 Å². The molecule has 1 aromatic carbocycles. The Balaban J connectivity index is 1.50. The van der Waals surface area contributed by atoms with Gasteiger partial charge in [-0.25, -0.2) is 4.79 Å². The molecule has 10 nitrogen and oxygen atoms in total. The number of carbonyl (C=O) groups is 2. The van der Waals surface area contributed by atoms with Crippen molar-refractivity contribution in [2.75, 3.05) is 34.1 Å². The summed E-state index contributed by atoms with van der Waals surface area (Å²) in [5, 5.41) is 21.6. The summed E-state index contributed by atoms with van der Waals surface area (Å²) in [6, 6.07) is 4.00. The van der Waals surface area contributed by atoms with Crippen molar-refractivity contribution < 1.29 is 43.5 Å². The smallest absolute Gasteiger partial charge is 0.339 e. The van der Waals surface area contributed by atoms with Crippen LogP contribution in [0.15, 0.2) is 24.0 Å². The molecule has 0 radical (unpaired) electrons. The van der Waals surface area contributed by atoms with Crippen molar-refractivity contribution in [2.45, 2.75) is 87.6 Å². The lowest BCUT2D eigenvalue weighted by Crippen LogP contribution is -2.49. The summed E-state index contributed by atoms with van der Waals surface area (Å²) in [6.07, 6.45) is 3.94. The van der Waals surface area contributed by atoms with Gasteiger partial charge in [0.2, 0.25) is 6.79 Å². The number of rotatable bonds is 9. The Bertz CT molecular complexity index is 1160. The number of fused-ring (bicyclic) bond motifs is 3. The third-order valence-electron chi connectivity index (χ3n) is 8.62. The maximum Gasteiger partial charge on any atom is 0.339 e. The van der Waals surface area contributed by atoms with E-state index >= 15 is 0 Å². The fourth-order valence-corrected chi connectivity index (χ4v) is 6.71. The second-order valence-electron chi connectivity index (χ2n) is 11.7. The molecule has 0 saturated carbocycles. The normalized spacial score (nSPS) is 27.0. The van der Waals surface area contributed by atoms with Crippen molar-refractivity contribution in [3.63, 3.8) is 0 Å². The number of hydrogen-bond acceptors (Lipinski definition) is 10. The molecule has 1 aromatic rings. The van der Waals surface area contributed by atoms with E-state index in [-0.39, 0.29) is 19.1 Å². The predicted octanol–water partition coefficient (Wildman–Crippen LogP) is 2.58. The summed E-state index contributed by atoms with van der Waals surface area (Å²) in [6.45, 7) is 5.21. The first-order valence-electron chi connectivity index (χ1n) is 13.7. The lowest BCUT2D eigenvalue weighted by atomic mass is 9.77. The van der Waals surface area contributed by atoms with Crippen molar-refractivity contribution in [3.8, 4) is 11.5 Å². The Labute approximate surface area is 228 Å². The van der Waals surface area contributed by atoms with Crippen LogP contribution in [-0.2, 0) is 30.2 Å². The van der Waals surface area contributed by atoms with Crippen molar-refractivity contribution >= 4 is 11.9 Å². The molecule has 5 rings (SSSR count). The van der Waals surface area contributed by atoms with Crippen LogP contribution in [0.5, 0.6) is 11.5 Å². The van der Waals surface area contributed by atoms with Crippen molar-refractivity contribution in [3.05, 3.63) is 35.1 Å². The summed E-state index contributed by atoms with van der Waals surface area (Å²) in [5.41, 5.74) is -1.42. The van der Waals surface area contributed by atoms with Crippen LogP contribution in [0, 0.1) is 0 Å². The quantitative estimate of drug-likeness (QED) is 0.448. The Morgan fingerprint density at radius 3 is 2.56 bits per heavy atom. The number of hydrogen-bond donors (Lipinski definition) is 2. The first-order chi connectivity index (χ1) is 18.5. The minimum Gasteiger partial charge on any atom is -0.497 e. The van der Waals surface area contributed by atoms with E-state index in [1.54, 1.807) is 21.0 Å². The largest absolute Gasteiger partial charge is 0.497 e. The van der Waals surface area contributed by atoms with Crippen LogP contribution in [0.4, 0.5) is 0 Å². The number of aliphatic hydroxyl groups is 2. The highest BCUT2D eigenvalue weighted by atomic mass is 16.7. The molecule has 1 saturated heterocycles. The van der Waals surface area contributed by atoms with Crippen LogP contribution in [-0.4, -0.2) is 84.0 Å². The maximum atomic E-state index is 13.8. The summed E-state index contributed by atoms with van der Waals surface area (Å²) < 4.78 is 28.1. The summed E-state index contributed by atoms with van der Waals surface area (Å²) in [5.74, 6) is -0.0645. The van der Waals surface area contributed by atoms with Gasteiger partial charge >= 0.3 is 11.9 Å². The molecule has 10 heteroatoms. The molecule has 0 aromatic heterocycles. The van der Waals surface area contributed by atoms with Gasteiger partial charge in [0.25, 0.3) is 0 Å². The Kier molecular flexibility index (Phi) is 7.32. The van der Waals surface area contributed by atoms with E-state index in [1.807, 2.05) is 12.1 Å². The third-order valence-corrected chi connectivity index (χ3v) is 8.62. The van der Waals surface area contributed by atoms with Gasteiger partial charge in [-0.3, -0.25) is 9.69 Å². The predicted molar refractivity (Wildman–Crippen MR) is 139 cm³/mol. The zero-order valence-electron chi connectivity index (χ0n) is 23.2. The molecule has 0 bridgehead atoms. The Hall–Kier alpha value is -2.82. The first kappa shape index (κ1) is 27.7. The van der Waals surface area contributed by atoms with Crippen LogP contribution in [0.3, 0.4) is 0 Å². The van der Waals surface area contributed by atoms with E-state index in [0.717, 1.165) is 43.5 Å². The zero-order valence-corrected chi connectivity index (χ0v) is 23.2. The van der Waals surface area contributed by atoms with Gasteiger partial charge in [-0.05, 0) is 88.3 Å². The molecule has 3 heterocycles. The molecule has 2 N–H and O–H groups in total. The van der Waals surface area contributed by atoms with Crippen LogP contribution >= 0.6 is 0 Å². The highest BCUT2D eigenvalue weighted by Gasteiger charge is 2.59. The number of carbonyl (C=O) groups excluding carboxylic acids is 2. The van der Waals surface area contributed by atoms with Crippen LogP contribution in [0.25, 0.3) is 0 Å². The van der Waals surface area contributed by atoms with Crippen molar-refractivity contribution in [1.29, 1.82) is 0 Å². The SMILES string of the molecule is COC(=O)C[C@](O)(CCCC(C)(C)O)C(=O)O[C@H]1C(OC)=C[C@]23CCCN2CCc2cc4c(cc2C13)OCO4. The number of ether oxygens (including phenoxy) is 5. The molecule has 1 fully saturated rings. The molecule has 4 atom stereocenters. The van der Waals surface area contributed by atoms with Gasteiger partial charge in [0.15, 0.2) is 23.2 Å². The molecule has 214 valence electrons. The van der Waals surface area contributed by atoms with Gasteiger partial charge in [0.05, 0.1) is 37.7 Å². The maximum absolute atomic E-state index is 13.8. The lowest BCUT2D eigenvalue weighted by Gasteiger charge is -2.39. The van der Waals surface area contributed by atoms with E-state index in [1.165, 1.54) is 7.11 Å². The van der Waals surface area contributed by atoms with Gasteiger partial charge in [-0.1, -0.05) is 0 Å². The zero-order chi connectivity index (χ0) is 28.0. The fourth-order valence-electron chi connectivity index (χ4n) is 6.71. The average molecular weight is 546 g/mol. The second kappa shape index (κ2) is 10.3. The van der Waals surface area contributed by atoms with Gasteiger partial charge in [0.1, 0.15) is 5.76 Å². The highest BCUT2D eigenvalue weighted by Crippen LogP contribution is 2.55. The summed E-state index contributed by atoms with van der Waals surface area (Å²) in [4.78, 5) is 28.4. The molecule has 39 heavy (non-hydrogen) atoms. The van der Waals surface area contributed by atoms with Crippen LogP contribution in [0.1, 0.15) is 69.4 Å². The van der Waals surface area contributed by atoms with Crippen molar-refractivity contribution in [2.24, 2.45) is 0 Å². The van der Waals surface area contributed by atoms with Crippen LogP contribution < -0.4 is 9.47 Å². The number of benzene rings is 1. The van der Waals surface area contributed by atoms with Gasteiger partial charge < -0.3 is 33.9 Å². The second-order valence-corrected chi connectivity index (χ2v) is 11.7. The molecule has 4 aliphatic rings. The Morgan fingerprint density at radius 1 is 1.13 bits per heavy atom. The highest BCUT2D eigenvalue weighted by molar-refractivity contribution is 5.86. The third kappa shape index (κ3) is 5.10. The summed E-state index contributed by atoms with van der Waals surface area (Å²) >= 11 is 0. The average Bonchev–Trinajstić information content (AvgIpc) is 3.56. The molecule has 1 unspecified atom stereocenters. The molecule has 1 spiro atoms. The number of esters is 2. The standard InChI is InChI=1S/C29H39NO9/c1-27(2,33)8-5-10-29(34,16-23(31)36-4)26(32)39-25-22(35-3)15-28-9-6-11-30(28)12-7-18-13-20-21(38-17-37-20)14-19(18)24(25)28/h13-15,24-25,33-34H,5-12,16-17H2,1-4H3/t24?,25-,28-,29+/m0/s1. The first-order valence-corrected chi connectivity index (χ1v) is 13.7. The number of methoxy groups -OCH3 is 2. The minimum absolute atomic E-state index is 0.0686. The van der Waals surface area contributed by atoms with Gasteiger partial charge in [0, 0.05) is 6.54 Å². The minimum atomic E-state index is -2.12. The summed E-state index contributed by atoms with van der Waals surface area (Å²) in [7, 11) is 2.76. The van der Waals surface area contributed by atoms with Crippen molar-refractivity contribution in [1.82, 2.24) is 4.90 Å². The number of nitrogens with zero attached hydrogens (tertiary/aromatic N) is 1. The molecular formula is C29H39NO9. The Morgan fingerprint density at radius 2 is 1.87 bits per heavy atom. The molecule has 3 aliphatic heterocycles. The lowest BCUT2D eigenvalue weighted by molar-refractivity contribution is -0.178. The van der Waals surface area contributed by atoms with E-state index in [9.17, 15) is 19.8 Å². The molecule has 1 aliphatic carbocycles. The monoisotopic (exact) mass is 545 g/mol. The fraction of sp³-hybridized carbons (Fsp3) is 0.655. The van der Waals surface area contributed by atoms with E-state index in [2.05, 4.69) is 11.0 Å². The van der Waals surface area contributed by atoms with Gasteiger partial charge in [-0.2, -0.15) is 0 Å². The molecule has 0 amide bonds. The van der Waals surface area contributed by atoms with Gasteiger partial charge in [-0.15, -0.1) is 0 Å². The van der Waals surface area contributed by atoms with Crippen LogP contribution in [0.2, 0.25) is 0 Å². The molecular weight excluding hydrogens is 506 g/mol. The van der Waals surface area contributed by atoms with E-state index in [0.29, 0.717) is 30.1 Å². The topological polar surface area (TPSA) is 124 Å².